The second-order valence-electron chi connectivity index (χ2n) is 10.1. The van der Waals surface area contributed by atoms with E-state index in [2.05, 4.69) is 5.43 Å². The quantitative estimate of drug-likeness (QED) is 0.403. The van der Waals surface area contributed by atoms with Crippen LogP contribution in [0.5, 0.6) is 0 Å². The van der Waals surface area contributed by atoms with E-state index in [1.165, 1.54) is 0 Å². The van der Waals surface area contributed by atoms with E-state index in [-0.39, 0.29) is 12.6 Å². The Kier molecular flexibility index (Phi) is 8.03. The molecule has 0 unspecified atom stereocenters. The van der Waals surface area contributed by atoms with Gasteiger partial charge in [0.2, 0.25) is 0 Å². The first-order valence-electron chi connectivity index (χ1n) is 12.2. The minimum Gasteiger partial charge on any atom is -0.465 e. The average molecular weight is 467 g/mol. The number of benzene rings is 2. The number of amides is 1. The molecule has 1 N–H and O–H groups in total. The summed E-state index contributed by atoms with van der Waals surface area (Å²) >= 11 is 0. The molecular weight excluding hydrogens is 428 g/mol. The number of carbonyl (C=O) groups is 2. The molecule has 34 heavy (non-hydrogen) atoms. The van der Waals surface area contributed by atoms with Gasteiger partial charge in [0.1, 0.15) is 11.1 Å². The number of hydrogen-bond donors (Lipinski definition) is 1. The van der Waals surface area contributed by atoms with Crippen LogP contribution in [0.4, 0.5) is 4.79 Å². The van der Waals surface area contributed by atoms with E-state index in [1.54, 1.807) is 0 Å². The first-order chi connectivity index (χ1) is 16.1. The minimum atomic E-state index is -1.04. The molecule has 184 valence electrons. The molecule has 2 aromatic carbocycles. The van der Waals surface area contributed by atoms with E-state index < -0.39 is 22.8 Å². The lowest BCUT2D eigenvalue weighted by molar-refractivity contribution is -0.170. The third kappa shape index (κ3) is 5.44. The van der Waals surface area contributed by atoms with Gasteiger partial charge in [-0.2, -0.15) is 5.01 Å². The number of nitrogens with one attached hydrogen (secondary N) is 1. The number of rotatable bonds is 7. The Morgan fingerprint density at radius 1 is 0.882 bits per heavy atom. The van der Waals surface area contributed by atoms with Gasteiger partial charge in [-0.05, 0) is 58.6 Å². The molecule has 3 rings (SSSR count). The number of hydrazine groups is 1. The van der Waals surface area contributed by atoms with E-state index in [4.69, 9.17) is 9.47 Å². The molecule has 1 amide bonds. The van der Waals surface area contributed by atoms with Gasteiger partial charge in [-0.25, -0.2) is 9.59 Å². The Hall–Kier alpha value is -2.86. The van der Waals surface area contributed by atoms with E-state index in [1.807, 2.05) is 100 Å². The van der Waals surface area contributed by atoms with Gasteiger partial charge in [-0.1, -0.05) is 79.9 Å². The SMILES string of the molecule is CCOC(=O)C1(N(NC(=O)OC(C)(C)C)C(C)(c2ccccc2)c2ccccc2)CCCCC1. The van der Waals surface area contributed by atoms with Crippen molar-refractivity contribution in [1.82, 2.24) is 10.4 Å². The molecule has 0 bridgehead atoms. The van der Waals surface area contributed by atoms with Crippen LogP contribution in [0, 0.1) is 0 Å². The van der Waals surface area contributed by atoms with Crippen molar-refractivity contribution >= 4 is 12.1 Å². The highest BCUT2D eigenvalue weighted by Crippen LogP contribution is 2.45. The van der Waals surface area contributed by atoms with Gasteiger partial charge in [0.15, 0.2) is 0 Å². The maximum atomic E-state index is 13.7. The molecule has 0 aliphatic heterocycles. The zero-order valence-electron chi connectivity index (χ0n) is 21.1. The Bertz CT molecular complexity index is 908. The lowest BCUT2D eigenvalue weighted by Gasteiger charge is -2.52. The topological polar surface area (TPSA) is 67.9 Å². The third-order valence-electron chi connectivity index (χ3n) is 6.49. The van der Waals surface area contributed by atoms with Gasteiger partial charge in [0.05, 0.1) is 12.1 Å². The van der Waals surface area contributed by atoms with Crippen molar-refractivity contribution in [2.75, 3.05) is 6.61 Å². The summed E-state index contributed by atoms with van der Waals surface area (Å²) in [4.78, 5) is 26.9. The molecule has 1 aliphatic rings. The van der Waals surface area contributed by atoms with Crippen molar-refractivity contribution < 1.29 is 19.1 Å². The predicted octanol–water partition coefficient (Wildman–Crippen LogP) is 5.96. The van der Waals surface area contributed by atoms with E-state index in [0.29, 0.717) is 12.8 Å². The second kappa shape index (κ2) is 10.6. The molecule has 0 aromatic heterocycles. The standard InChI is InChI=1S/C28H38N2O4/c1-6-33-24(31)28(20-14-9-15-21-28)30(29-25(32)34-26(2,3)4)27(5,22-16-10-7-11-17-22)23-18-12-8-13-19-23/h7-8,10-13,16-19H,6,9,14-15,20-21H2,1-5H3,(H,29,32). The molecule has 0 heterocycles. The maximum Gasteiger partial charge on any atom is 0.422 e. The normalized spacial score (nSPS) is 16.1. The fourth-order valence-corrected chi connectivity index (χ4v) is 4.91. The molecule has 2 aromatic rings. The fraction of sp³-hybridized carbons (Fsp3) is 0.500. The lowest BCUT2D eigenvalue weighted by atomic mass is 9.75. The zero-order chi connectivity index (χ0) is 24.8. The highest BCUT2D eigenvalue weighted by molar-refractivity contribution is 5.82. The molecule has 0 atom stereocenters. The summed E-state index contributed by atoms with van der Waals surface area (Å²) < 4.78 is 11.3. The molecule has 1 aliphatic carbocycles. The van der Waals surface area contributed by atoms with Crippen LogP contribution >= 0.6 is 0 Å². The fourth-order valence-electron chi connectivity index (χ4n) is 4.91. The zero-order valence-corrected chi connectivity index (χ0v) is 21.1. The van der Waals surface area contributed by atoms with Gasteiger partial charge >= 0.3 is 12.1 Å². The summed E-state index contributed by atoms with van der Waals surface area (Å²) in [5, 5.41) is 1.83. The van der Waals surface area contributed by atoms with Crippen molar-refractivity contribution in [2.24, 2.45) is 0 Å². The van der Waals surface area contributed by atoms with Crippen LogP contribution < -0.4 is 5.43 Å². The summed E-state index contributed by atoms with van der Waals surface area (Å²) in [5.41, 5.74) is 2.34. The number of hydrogen-bond acceptors (Lipinski definition) is 5. The first-order valence-corrected chi connectivity index (χ1v) is 12.2. The van der Waals surface area contributed by atoms with Crippen LogP contribution in [0.3, 0.4) is 0 Å². The molecule has 6 heteroatoms. The van der Waals surface area contributed by atoms with E-state index in [9.17, 15) is 9.59 Å². The van der Waals surface area contributed by atoms with Gasteiger partial charge in [0.25, 0.3) is 0 Å². The second-order valence-corrected chi connectivity index (χ2v) is 10.1. The molecule has 0 radical (unpaired) electrons. The predicted molar refractivity (Wildman–Crippen MR) is 133 cm³/mol. The number of esters is 1. The van der Waals surface area contributed by atoms with Crippen molar-refractivity contribution in [1.29, 1.82) is 0 Å². The van der Waals surface area contributed by atoms with Crippen molar-refractivity contribution in [3.63, 3.8) is 0 Å². The minimum absolute atomic E-state index is 0.272. The van der Waals surface area contributed by atoms with Gasteiger partial charge in [0, 0.05) is 0 Å². The molecule has 0 saturated heterocycles. The molecule has 0 spiro atoms. The summed E-state index contributed by atoms with van der Waals surface area (Å²) in [5.74, 6) is -0.316. The van der Waals surface area contributed by atoms with Gasteiger partial charge in [-0.3, -0.25) is 5.43 Å². The summed E-state index contributed by atoms with van der Waals surface area (Å²) in [6.07, 6.45) is 3.33. The van der Waals surface area contributed by atoms with Crippen molar-refractivity contribution in [3.8, 4) is 0 Å². The first kappa shape index (κ1) is 25.8. The van der Waals surface area contributed by atoms with Crippen LogP contribution in [0.15, 0.2) is 60.7 Å². The van der Waals surface area contributed by atoms with E-state index >= 15 is 0 Å². The molecule has 1 saturated carbocycles. The van der Waals surface area contributed by atoms with Crippen LogP contribution in [0.25, 0.3) is 0 Å². The Morgan fingerprint density at radius 3 is 1.82 bits per heavy atom. The van der Waals surface area contributed by atoms with Crippen LogP contribution in [-0.2, 0) is 19.8 Å². The van der Waals surface area contributed by atoms with Crippen LogP contribution in [-0.4, -0.2) is 34.8 Å². The van der Waals surface area contributed by atoms with Crippen molar-refractivity contribution in [3.05, 3.63) is 71.8 Å². The van der Waals surface area contributed by atoms with Crippen molar-refractivity contribution in [2.45, 2.75) is 83.4 Å². The largest absolute Gasteiger partial charge is 0.465 e. The third-order valence-corrected chi connectivity index (χ3v) is 6.49. The highest BCUT2D eigenvalue weighted by atomic mass is 16.6. The molecular formula is C28H38N2O4. The Labute approximate surface area is 203 Å². The average Bonchev–Trinajstić information content (AvgIpc) is 2.82. The summed E-state index contributed by atoms with van der Waals surface area (Å²) in [7, 11) is 0. The summed E-state index contributed by atoms with van der Waals surface area (Å²) in [6.45, 7) is 9.61. The molecule has 6 nitrogen and oxygen atoms in total. The Balaban J connectivity index is 2.24. The molecule has 1 fully saturated rings. The lowest BCUT2D eigenvalue weighted by Crippen LogP contribution is -2.69. The maximum absolute atomic E-state index is 13.7. The van der Waals surface area contributed by atoms with Gasteiger partial charge < -0.3 is 9.47 Å². The van der Waals surface area contributed by atoms with Crippen LogP contribution in [0.1, 0.15) is 77.8 Å². The number of carbonyl (C=O) groups excluding carboxylic acids is 2. The Morgan fingerprint density at radius 2 is 1.38 bits per heavy atom. The smallest absolute Gasteiger partial charge is 0.422 e. The van der Waals surface area contributed by atoms with Gasteiger partial charge in [-0.15, -0.1) is 0 Å². The highest BCUT2D eigenvalue weighted by Gasteiger charge is 2.55. The monoisotopic (exact) mass is 466 g/mol. The summed E-state index contributed by atoms with van der Waals surface area (Å²) in [6, 6.07) is 19.9. The number of ether oxygens (including phenoxy) is 2. The van der Waals surface area contributed by atoms with E-state index in [0.717, 1.165) is 30.4 Å². The van der Waals surface area contributed by atoms with Crippen LogP contribution in [0.2, 0.25) is 0 Å². The number of nitrogens with zero attached hydrogens (tertiary/aromatic N) is 1.